The summed E-state index contributed by atoms with van der Waals surface area (Å²) < 4.78 is 13.8. The molecule has 2 aromatic heterocycles. The minimum atomic E-state index is 0.360. The SMILES string of the molecule is CC(C)c1nonc1CCCC(C)c1nsnc1C(C)C. The summed E-state index contributed by atoms with van der Waals surface area (Å²) >= 11 is 1.32. The Labute approximate surface area is 130 Å². The van der Waals surface area contributed by atoms with Crippen LogP contribution in [0.5, 0.6) is 0 Å². The molecule has 0 spiro atoms. The van der Waals surface area contributed by atoms with Crippen LogP contribution in [0.25, 0.3) is 0 Å². The van der Waals surface area contributed by atoms with Crippen LogP contribution in [0.15, 0.2) is 4.63 Å². The van der Waals surface area contributed by atoms with Gasteiger partial charge in [-0.1, -0.05) is 44.9 Å². The summed E-state index contributed by atoms with van der Waals surface area (Å²) in [4.78, 5) is 0. The van der Waals surface area contributed by atoms with Gasteiger partial charge in [-0.05, 0) is 25.2 Å². The molecule has 2 aromatic rings. The molecule has 0 aliphatic carbocycles. The second-order valence-electron chi connectivity index (χ2n) is 6.23. The lowest BCUT2D eigenvalue weighted by molar-refractivity contribution is 0.298. The number of hydrogen-bond donors (Lipinski definition) is 0. The van der Waals surface area contributed by atoms with Crippen molar-refractivity contribution in [1.29, 1.82) is 0 Å². The van der Waals surface area contributed by atoms with Crippen LogP contribution in [0.1, 0.15) is 88.0 Å². The molecule has 0 aromatic carbocycles. The predicted octanol–water partition coefficient (Wildman–Crippen LogP) is 4.29. The van der Waals surface area contributed by atoms with Crippen LogP contribution in [-0.2, 0) is 6.42 Å². The molecule has 1 unspecified atom stereocenters. The number of hydrogen-bond acceptors (Lipinski definition) is 6. The summed E-state index contributed by atoms with van der Waals surface area (Å²) in [6.07, 6.45) is 3.05. The second-order valence-corrected chi connectivity index (χ2v) is 6.76. The molecular weight excluding hydrogens is 284 g/mol. The Hall–Kier alpha value is -1.30. The van der Waals surface area contributed by atoms with Crippen LogP contribution in [0.4, 0.5) is 0 Å². The van der Waals surface area contributed by atoms with Crippen LogP contribution in [0.2, 0.25) is 0 Å². The molecule has 5 nitrogen and oxygen atoms in total. The van der Waals surface area contributed by atoms with Gasteiger partial charge in [0.25, 0.3) is 0 Å². The van der Waals surface area contributed by atoms with E-state index in [0.717, 1.165) is 42.0 Å². The minimum Gasteiger partial charge on any atom is -0.244 e. The highest BCUT2D eigenvalue weighted by molar-refractivity contribution is 6.99. The van der Waals surface area contributed by atoms with Crippen LogP contribution < -0.4 is 0 Å². The van der Waals surface area contributed by atoms with E-state index < -0.39 is 0 Å². The third kappa shape index (κ3) is 3.87. The summed E-state index contributed by atoms with van der Waals surface area (Å²) in [7, 11) is 0. The average molecular weight is 308 g/mol. The molecule has 0 saturated carbocycles. The summed E-state index contributed by atoms with van der Waals surface area (Å²) in [5, 5.41) is 8.02. The monoisotopic (exact) mass is 308 g/mol. The first-order chi connectivity index (χ1) is 10.0. The van der Waals surface area contributed by atoms with Gasteiger partial charge in [0.05, 0.1) is 23.1 Å². The van der Waals surface area contributed by atoms with E-state index in [4.69, 9.17) is 4.63 Å². The van der Waals surface area contributed by atoms with Crippen molar-refractivity contribution in [2.75, 3.05) is 0 Å². The zero-order chi connectivity index (χ0) is 15.4. The first kappa shape index (κ1) is 16.1. The number of aryl methyl sites for hydroxylation is 1. The van der Waals surface area contributed by atoms with Crippen molar-refractivity contribution < 1.29 is 4.63 Å². The molecule has 0 aliphatic rings. The van der Waals surface area contributed by atoms with E-state index in [0.29, 0.717) is 17.8 Å². The molecule has 2 rings (SSSR count). The number of rotatable bonds is 7. The Bertz CT molecular complexity index is 562. The summed E-state index contributed by atoms with van der Waals surface area (Å²) in [5.41, 5.74) is 4.30. The Morgan fingerprint density at radius 3 is 2.24 bits per heavy atom. The van der Waals surface area contributed by atoms with Crippen molar-refractivity contribution in [2.45, 2.75) is 71.6 Å². The van der Waals surface area contributed by atoms with Gasteiger partial charge >= 0.3 is 0 Å². The van der Waals surface area contributed by atoms with Gasteiger partial charge in [0.2, 0.25) is 0 Å². The zero-order valence-electron chi connectivity index (χ0n) is 13.5. The van der Waals surface area contributed by atoms with Crippen molar-refractivity contribution in [3.05, 3.63) is 22.8 Å². The Balaban J connectivity index is 1.91. The summed E-state index contributed by atoms with van der Waals surface area (Å²) in [5.74, 6) is 1.23. The van der Waals surface area contributed by atoms with Crippen molar-refractivity contribution in [3.8, 4) is 0 Å². The first-order valence-corrected chi connectivity index (χ1v) is 8.37. The number of aromatic nitrogens is 4. The van der Waals surface area contributed by atoms with Gasteiger partial charge < -0.3 is 0 Å². The van der Waals surface area contributed by atoms with Crippen LogP contribution in [-0.4, -0.2) is 19.1 Å². The minimum absolute atomic E-state index is 0.360. The smallest absolute Gasteiger partial charge is 0.110 e. The fourth-order valence-corrected chi connectivity index (χ4v) is 3.28. The quantitative estimate of drug-likeness (QED) is 0.763. The van der Waals surface area contributed by atoms with Gasteiger partial charge in [0.15, 0.2) is 0 Å². The molecule has 116 valence electrons. The van der Waals surface area contributed by atoms with E-state index >= 15 is 0 Å². The molecule has 6 heteroatoms. The molecule has 0 fully saturated rings. The van der Waals surface area contributed by atoms with Crippen molar-refractivity contribution >= 4 is 11.7 Å². The van der Waals surface area contributed by atoms with Crippen molar-refractivity contribution in [1.82, 2.24) is 19.1 Å². The van der Waals surface area contributed by atoms with Crippen LogP contribution in [0.3, 0.4) is 0 Å². The molecule has 0 amide bonds. The third-order valence-electron chi connectivity index (χ3n) is 3.74. The van der Waals surface area contributed by atoms with E-state index in [2.05, 4.69) is 53.7 Å². The lowest BCUT2D eigenvalue weighted by atomic mass is 9.94. The highest BCUT2D eigenvalue weighted by atomic mass is 32.1. The first-order valence-electron chi connectivity index (χ1n) is 7.64. The standard InChI is InChI=1S/C15H24N4OS/c1-9(2)13-12(16-20-17-13)8-6-7-11(5)15-14(10(3)4)18-21-19-15/h9-11H,6-8H2,1-5H3. The Morgan fingerprint density at radius 2 is 1.57 bits per heavy atom. The maximum absolute atomic E-state index is 4.87. The van der Waals surface area contributed by atoms with Gasteiger partial charge in [-0.15, -0.1) is 0 Å². The fraction of sp³-hybridized carbons (Fsp3) is 0.733. The van der Waals surface area contributed by atoms with Crippen molar-refractivity contribution in [3.63, 3.8) is 0 Å². The zero-order valence-corrected chi connectivity index (χ0v) is 14.3. The molecular formula is C15H24N4OS. The van der Waals surface area contributed by atoms with E-state index in [-0.39, 0.29) is 0 Å². The molecule has 0 bridgehead atoms. The highest BCUT2D eigenvalue weighted by Crippen LogP contribution is 2.28. The molecule has 1 atom stereocenters. The van der Waals surface area contributed by atoms with E-state index in [9.17, 15) is 0 Å². The van der Waals surface area contributed by atoms with Gasteiger partial charge in [0.1, 0.15) is 11.4 Å². The average Bonchev–Trinajstić information content (AvgIpc) is 3.07. The third-order valence-corrected chi connectivity index (χ3v) is 4.29. The number of nitrogens with zero attached hydrogens (tertiary/aromatic N) is 4. The van der Waals surface area contributed by atoms with Gasteiger partial charge in [0, 0.05) is 11.8 Å². The van der Waals surface area contributed by atoms with Crippen LogP contribution in [0, 0.1) is 0 Å². The lowest BCUT2D eigenvalue weighted by Crippen LogP contribution is -2.02. The van der Waals surface area contributed by atoms with E-state index in [1.807, 2.05) is 0 Å². The topological polar surface area (TPSA) is 64.7 Å². The Kier molecular flexibility index (Phi) is 5.45. The molecule has 0 saturated heterocycles. The normalized spacial score (nSPS) is 13.3. The van der Waals surface area contributed by atoms with E-state index in [1.165, 1.54) is 11.7 Å². The molecule has 0 N–H and O–H groups in total. The maximum Gasteiger partial charge on any atom is 0.110 e. The largest absolute Gasteiger partial charge is 0.244 e. The molecule has 2 heterocycles. The van der Waals surface area contributed by atoms with Crippen LogP contribution >= 0.6 is 11.7 Å². The van der Waals surface area contributed by atoms with Gasteiger partial charge in [-0.2, -0.15) is 8.75 Å². The lowest BCUT2D eigenvalue weighted by Gasteiger charge is -2.11. The summed E-state index contributed by atoms with van der Waals surface area (Å²) in [6, 6.07) is 0. The van der Waals surface area contributed by atoms with Gasteiger partial charge in [-0.25, -0.2) is 4.63 Å². The Morgan fingerprint density at radius 1 is 0.905 bits per heavy atom. The summed E-state index contributed by atoms with van der Waals surface area (Å²) in [6.45, 7) is 10.8. The molecule has 0 radical (unpaired) electrons. The maximum atomic E-state index is 4.87. The van der Waals surface area contributed by atoms with E-state index in [1.54, 1.807) is 0 Å². The molecule has 0 aliphatic heterocycles. The van der Waals surface area contributed by atoms with Crippen molar-refractivity contribution in [2.24, 2.45) is 0 Å². The van der Waals surface area contributed by atoms with Gasteiger partial charge in [-0.3, -0.25) is 0 Å². The predicted molar refractivity (Wildman–Crippen MR) is 83.7 cm³/mol. The molecule has 21 heavy (non-hydrogen) atoms. The second kappa shape index (κ2) is 7.11. The highest BCUT2D eigenvalue weighted by Gasteiger charge is 2.18. The fourth-order valence-electron chi connectivity index (χ4n) is 2.48.